The summed E-state index contributed by atoms with van der Waals surface area (Å²) in [6.07, 6.45) is 7.21. The molecule has 2 saturated carbocycles. The molecule has 2 aliphatic carbocycles. The van der Waals surface area contributed by atoms with Crippen LogP contribution in [0.1, 0.15) is 48.4 Å². The van der Waals surface area contributed by atoms with Crippen LogP contribution in [-0.2, 0) is 0 Å². The molecule has 3 N–H and O–H groups in total. The molecule has 0 saturated heterocycles. The molecule has 4 rings (SSSR count). The van der Waals surface area contributed by atoms with Gasteiger partial charge in [0.1, 0.15) is 0 Å². The Balaban J connectivity index is 1.56. The molecule has 2 heterocycles. The Hall–Kier alpha value is -2.02. The maximum atomic E-state index is 12.6. The number of aromatic nitrogens is 4. The quantitative estimate of drug-likeness (QED) is 0.864. The maximum absolute atomic E-state index is 12.6. The van der Waals surface area contributed by atoms with E-state index < -0.39 is 0 Å². The van der Waals surface area contributed by atoms with Gasteiger partial charge in [-0.25, -0.2) is 9.50 Å². The Morgan fingerprint density at radius 2 is 2.09 bits per heavy atom. The van der Waals surface area contributed by atoms with E-state index in [1.165, 1.54) is 6.42 Å². The van der Waals surface area contributed by atoms with Crippen LogP contribution in [-0.4, -0.2) is 37.6 Å². The molecule has 0 aromatic carbocycles. The van der Waals surface area contributed by atoms with Crippen LogP contribution in [0.15, 0.2) is 12.3 Å². The zero-order valence-corrected chi connectivity index (χ0v) is 13.3. The number of hydrogen-bond acceptors (Lipinski definition) is 5. The lowest BCUT2D eigenvalue weighted by Crippen LogP contribution is -2.53. The molecule has 0 radical (unpaired) electrons. The molecule has 7 nitrogen and oxygen atoms in total. The summed E-state index contributed by atoms with van der Waals surface area (Å²) in [5, 5.41) is 7.47. The molecule has 2 aromatic rings. The highest BCUT2D eigenvalue weighted by Gasteiger charge is 2.40. The molecule has 0 aliphatic heterocycles. The number of hydrogen-bond donors (Lipinski definition) is 2. The van der Waals surface area contributed by atoms with Gasteiger partial charge in [0.05, 0.1) is 0 Å². The molecular weight excluding hydrogens is 292 g/mol. The van der Waals surface area contributed by atoms with Gasteiger partial charge in [-0.15, -0.1) is 5.10 Å². The summed E-state index contributed by atoms with van der Waals surface area (Å²) in [7, 11) is 0. The van der Waals surface area contributed by atoms with Crippen LogP contribution in [0.5, 0.6) is 0 Å². The highest BCUT2D eigenvalue weighted by Crippen LogP contribution is 2.39. The van der Waals surface area contributed by atoms with Crippen LogP contribution in [0, 0.1) is 18.8 Å². The highest BCUT2D eigenvalue weighted by molar-refractivity contribution is 5.91. The molecule has 2 atom stereocenters. The topological polar surface area (TPSA) is 98.2 Å². The van der Waals surface area contributed by atoms with E-state index in [0.717, 1.165) is 31.4 Å². The van der Waals surface area contributed by atoms with Gasteiger partial charge in [0.2, 0.25) is 5.82 Å². The van der Waals surface area contributed by atoms with Gasteiger partial charge in [0.25, 0.3) is 11.7 Å². The van der Waals surface area contributed by atoms with Gasteiger partial charge in [-0.3, -0.25) is 4.79 Å². The van der Waals surface area contributed by atoms with Crippen LogP contribution in [0.25, 0.3) is 5.78 Å². The molecule has 2 aliphatic rings. The zero-order valence-electron chi connectivity index (χ0n) is 13.3. The molecule has 2 fully saturated rings. The number of carbonyl (C=O) groups is 1. The number of rotatable bonds is 2. The van der Waals surface area contributed by atoms with Crippen molar-refractivity contribution in [2.24, 2.45) is 17.6 Å². The van der Waals surface area contributed by atoms with Gasteiger partial charge >= 0.3 is 0 Å². The zero-order chi connectivity index (χ0) is 16.0. The minimum absolute atomic E-state index is 0.194. The summed E-state index contributed by atoms with van der Waals surface area (Å²) >= 11 is 0. The Morgan fingerprint density at radius 3 is 2.78 bits per heavy atom. The first kappa shape index (κ1) is 14.6. The minimum atomic E-state index is -0.202. The lowest BCUT2D eigenvalue weighted by atomic mass is 9.67. The van der Waals surface area contributed by atoms with Gasteiger partial charge in [-0.2, -0.15) is 4.98 Å². The van der Waals surface area contributed by atoms with E-state index in [0.29, 0.717) is 17.6 Å². The van der Waals surface area contributed by atoms with E-state index in [-0.39, 0.29) is 23.8 Å². The summed E-state index contributed by atoms with van der Waals surface area (Å²) in [6.45, 7) is 1.91. The van der Waals surface area contributed by atoms with E-state index in [9.17, 15) is 4.79 Å². The summed E-state index contributed by atoms with van der Waals surface area (Å²) in [5.74, 6) is 1.42. The Bertz CT molecular complexity index is 727. The fourth-order valence-electron chi connectivity index (χ4n) is 4.24. The number of nitrogens with two attached hydrogens (primary N) is 1. The van der Waals surface area contributed by atoms with E-state index >= 15 is 0 Å². The average Bonchev–Trinajstić information content (AvgIpc) is 2.94. The first-order valence-corrected chi connectivity index (χ1v) is 8.36. The fourth-order valence-corrected chi connectivity index (χ4v) is 4.24. The predicted molar refractivity (Wildman–Crippen MR) is 84.8 cm³/mol. The molecule has 23 heavy (non-hydrogen) atoms. The first-order chi connectivity index (χ1) is 11.1. The van der Waals surface area contributed by atoms with Gasteiger partial charge in [-0.1, -0.05) is 6.42 Å². The fraction of sp³-hybridized carbons (Fsp3) is 0.625. The highest BCUT2D eigenvalue weighted by atomic mass is 16.2. The minimum Gasteiger partial charge on any atom is -0.346 e. The second-order valence-corrected chi connectivity index (χ2v) is 6.92. The average molecular weight is 314 g/mol. The number of carbonyl (C=O) groups excluding carboxylic acids is 1. The van der Waals surface area contributed by atoms with E-state index in [2.05, 4.69) is 20.4 Å². The molecule has 7 heteroatoms. The number of nitrogens with one attached hydrogen (secondary N) is 1. The third kappa shape index (κ3) is 2.59. The van der Waals surface area contributed by atoms with E-state index in [1.54, 1.807) is 10.7 Å². The molecule has 2 bridgehead atoms. The van der Waals surface area contributed by atoms with Crippen molar-refractivity contribution < 1.29 is 4.79 Å². The van der Waals surface area contributed by atoms with Crippen molar-refractivity contribution in [2.45, 2.75) is 51.1 Å². The van der Waals surface area contributed by atoms with Crippen molar-refractivity contribution >= 4 is 11.7 Å². The molecular formula is C16H22N6O. The third-order valence-corrected chi connectivity index (χ3v) is 5.31. The molecule has 0 spiro atoms. The van der Waals surface area contributed by atoms with Crippen molar-refractivity contribution in [3.05, 3.63) is 23.8 Å². The predicted octanol–water partition coefficient (Wildman–Crippen LogP) is 1.07. The van der Waals surface area contributed by atoms with E-state index in [4.69, 9.17) is 5.73 Å². The summed E-state index contributed by atoms with van der Waals surface area (Å²) in [4.78, 5) is 21.0. The Morgan fingerprint density at radius 1 is 1.35 bits per heavy atom. The van der Waals surface area contributed by atoms with E-state index in [1.807, 2.05) is 13.0 Å². The van der Waals surface area contributed by atoms with Gasteiger partial charge in [-0.05, 0) is 50.5 Å². The lowest BCUT2D eigenvalue weighted by molar-refractivity contribution is 0.0747. The summed E-state index contributed by atoms with van der Waals surface area (Å²) < 4.78 is 1.60. The molecule has 2 aromatic heterocycles. The number of amides is 1. The molecule has 2 unspecified atom stereocenters. The van der Waals surface area contributed by atoms with Gasteiger partial charge < -0.3 is 11.1 Å². The number of nitrogens with zero attached hydrogens (tertiary/aromatic N) is 4. The summed E-state index contributed by atoms with van der Waals surface area (Å²) in [6, 6.07) is 2.33. The number of fused-ring (bicyclic) bond motifs is 3. The van der Waals surface area contributed by atoms with Crippen molar-refractivity contribution in [2.75, 3.05) is 0 Å². The Labute approximate surface area is 134 Å². The van der Waals surface area contributed by atoms with Gasteiger partial charge in [0, 0.05) is 24.0 Å². The van der Waals surface area contributed by atoms with Crippen molar-refractivity contribution in [3.8, 4) is 0 Å². The first-order valence-electron chi connectivity index (χ1n) is 8.36. The number of aryl methyl sites for hydroxylation is 1. The van der Waals surface area contributed by atoms with Crippen LogP contribution < -0.4 is 11.1 Å². The monoisotopic (exact) mass is 314 g/mol. The standard InChI is InChI=1S/C16H22N6O/c1-9-5-6-18-16-20-14(21-22(9)16)15(23)19-13-10-3-2-4-11(13)8-12(17)7-10/h5-6,10-13H,2-4,7-8,17H2,1H3,(H,19,23). The smallest absolute Gasteiger partial charge is 0.291 e. The second kappa shape index (κ2) is 5.56. The van der Waals surface area contributed by atoms with Crippen LogP contribution in [0.4, 0.5) is 0 Å². The van der Waals surface area contributed by atoms with Gasteiger partial charge in [0.15, 0.2) is 0 Å². The lowest BCUT2D eigenvalue weighted by Gasteiger charge is -2.45. The third-order valence-electron chi connectivity index (χ3n) is 5.31. The van der Waals surface area contributed by atoms with Crippen molar-refractivity contribution in [1.82, 2.24) is 24.9 Å². The second-order valence-electron chi connectivity index (χ2n) is 6.92. The largest absolute Gasteiger partial charge is 0.346 e. The van der Waals surface area contributed by atoms with Crippen molar-refractivity contribution in [3.63, 3.8) is 0 Å². The Kier molecular flexibility index (Phi) is 3.52. The van der Waals surface area contributed by atoms with Crippen LogP contribution >= 0.6 is 0 Å². The SMILES string of the molecule is Cc1ccnc2nc(C(=O)NC3C4CCCC3CC(N)C4)nn12. The maximum Gasteiger partial charge on any atom is 0.291 e. The normalized spacial score (nSPS) is 30.3. The van der Waals surface area contributed by atoms with Crippen molar-refractivity contribution in [1.29, 1.82) is 0 Å². The summed E-state index contributed by atoms with van der Waals surface area (Å²) in [5.41, 5.74) is 7.05. The van der Waals surface area contributed by atoms with Crippen LogP contribution in [0.3, 0.4) is 0 Å². The molecule has 122 valence electrons. The van der Waals surface area contributed by atoms with Crippen LogP contribution in [0.2, 0.25) is 0 Å². The molecule has 1 amide bonds.